The van der Waals surface area contributed by atoms with Crippen LogP contribution in [0.25, 0.3) is 0 Å². The molecule has 142 valence electrons. The molecule has 0 unspecified atom stereocenters. The highest BCUT2D eigenvalue weighted by atomic mass is 19.4. The van der Waals surface area contributed by atoms with Crippen molar-refractivity contribution in [3.8, 4) is 0 Å². The summed E-state index contributed by atoms with van der Waals surface area (Å²) in [5, 5.41) is 9.58. The van der Waals surface area contributed by atoms with E-state index in [0.29, 0.717) is 19.7 Å². The van der Waals surface area contributed by atoms with Gasteiger partial charge >= 0.3 is 6.18 Å². The van der Waals surface area contributed by atoms with Crippen LogP contribution in [0.3, 0.4) is 0 Å². The van der Waals surface area contributed by atoms with Gasteiger partial charge < -0.3 is 19.6 Å². The zero-order chi connectivity index (χ0) is 18.4. The Kier molecular flexibility index (Phi) is 7.04. The molecule has 2 heterocycles. The fourth-order valence-corrected chi connectivity index (χ4v) is 3.41. The molecular formula is C17H26F3N3O2. The molecule has 1 aliphatic heterocycles. The Labute approximate surface area is 146 Å². The van der Waals surface area contributed by atoms with Crippen LogP contribution in [0.5, 0.6) is 0 Å². The molecule has 1 aromatic heterocycles. The van der Waals surface area contributed by atoms with Crippen molar-refractivity contribution in [2.45, 2.75) is 12.6 Å². The van der Waals surface area contributed by atoms with Crippen LogP contribution in [-0.4, -0.2) is 68.5 Å². The Morgan fingerprint density at radius 3 is 2.72 bits per heavy atom. The molecular weight excluding hydrogens is 335 g/mol. The average molecular weight is 361 g/mol. The fourth-order valence-electron chi connectivity index (χ4n) is 3.41. The van der Waals surface area contributed by atoms with E-state index in [2.05, 4.69) is 9.88 Å². The van der Waals surface area contributed by atoms with E-state index in [4.69, 9.17) is 4.74 Å². The van der Waals surface area contributed by atoms with Crippen molar-refractivity contribution in [1.82, 2.24) is 9.88 Å². The van der Waals surface area contributed by atoms with E-state index in [0.717, 1.165) is 25.6 Å². The smallest absolute Gasteiger partial charge is 0.396 e. The molecule has 0 radical (unpaired) electrons. The van der Waals surface area contributed by atoms with Crippen LogP contribution < -0.4 is 4.90 Å². The number of aliphatic hydroxyl groups excluding tert-OH is 1. The van der Waals surface area contributed by atoms with Crippen LogP contribution in [0.15, 0.2) is 18.3 Å². The van der Waals surface area contributed by atoms with E-state index in [1.807, 2.05) is 7.05 Å². The van der Waals surface area contributed by atoms with Gasteiger partial charge in [0, 0.05) is 46.1 Å². The standard InChI is InChI=1S/C17H26F3N3O2/c1-22(6-7-25-2)9-13-8-14(12-24)11-23(10-13)16-15(17(18,19)20)4-3-5-21-16/h3-5,13-14,24H,6-12H2,1-2H3/t13-,14+/m1/s1. The molecule has 1 N–H and O–H groups in total. The van der Waals surface area contributed by atoms with Gasteiger partial charge in [-0.2, -0.15) is 13.2 Å². The molecule has 0 amide bonds. The third-order valence-electron chi connectivity index (χ3n) is 4.52. The number of hydrogen-bond acceptors (Lipinski definition) is 5. The van der Waals surface area contributed by atoms with Crippen LogP contribution in [0.2, 0.25) is 0 Å². The predicted octanol–water partition coefficient (Wildman–Crippen LogP) is 2.11. The molecule has 0 saturated carbocycles. The van der Waals surface area contributed by atoms with Crippen molar-refractivity contribution >= 4 is 5.82 Å². The highest BCUT2D eigenvalue weighted by Gasteiger charge is 2.37. The van der Waals surface area contributed by atoms with Crippen LogP contribution in [-0.2, 0) is 10.9 Å². The zero-order valence-corrected chi connectivity index (χ0v) is 14.7. The van der Waals surface area contributed by atoms with Crippen LogP contribution >= 0.6 is 0 Å². The molecule has 0 aromatic carbocycles. The first-order valence-electron chi connectivity index (χ1n) is 8.40. The lowest BCUT2D eigenvalue weighted by Gasteiger charge is -2.40. The summed E-state index contributed by atoms with van der Waals surface area (Å²) in [5.41, 5.74) is -0.722. The summed E-state index contributed by atoms with van der Waals surface area (Å²) in [6.45, 7) is 2.94. The van der Waals surface area contributed by atoms with Gasteiger partial charge in [0.05, 0.1) is 12.2 Å². The van der Waals surface area contributed by atoms with Crippen molar-refractivity contribution in [3.05, 3.63) is 23.9 Å². The lowest BCUT2D eigenvalue weighted by molar-refractivity contribution is -0.137. The van der Waals surface area contributed by atoms with Crippen LogP contribution in [0, 0.1) is 11.8 Å². The number of pyridine rings is 1. The lowest BCUT2D eigenvalue weighted by Crippen LogP contribution is -2.46. The number of hydrogen-bond donors (Lipinski definition) is 1. The van der Waals surface area contributed by atoms with Gasteiger partial charge in [0.15, 0.2) is 0 Å². The first-order chi connectivity index (χ1) is 11.8. The van der Waals surface area contributed by atoms with E-state index in [9.17, 15) is 18.3 Å². The highest BCUT2D eigenvalue weighted by molar-refractivity contribution is 5.49. The summed E-state index contributed by atoms with van der Waals surface area (Å²) in [4.78, 5) is 7.77. The molecule has 8 heteroatoms. The molecule has 1 aliphatic rings. The van der Waals surface area contributed by atoms with E-state index in [1.54, 1.807) is 12.0 Å². The van der Waals surface area contributed by atoms with Crippen molar-refractivity contribution in [2.24, 2.45) is 11.8 Å². The quantitative estimate of drug-likeness (QED) is 0.806. The second-order valence-corrected chi connectivity index (χ2v) is 6.68. The van der Waals surface area contributed by atoms with Crippen molar-refractivity contribution in [3.63, 3.8) is 0 Å². The number of ether oxygens (including phenoxy) is 1. The fraction of sp³-hybridized carbons (Fsp3) is 0.706. The molecule has 0 aliphatic carbocycles. The van der Waals surface area contributed by atoms with Crippen molar-refractivity contribution < 1.29 is 23.0 Å². The number of halogens is 3. The maximum absolute atomic E-state index is 13.3. The Bertz CT molecular complexity index is 542. The molecule has 2 rings (SSSR count). The largest absolute Gasteiger partial charge is 0.419 e. The SMILES string of the molecule is COCCN(C)C[C@H]1C[C@H](CO)CN(c2ncccc2C(F)(F)F)C1. The second-order valence-electron chi connectivity index (χ2n) is 6.68. The molecule has 0 spiro atoms. The summed E-state index contributed by atoms with van der Waals surface area (Å²) < 4.78 is 44.9. The maximum Gasteiger partial charge on any atom is 0.419 e. The minimum atomic E-state index is -4.44. The first-order valence-corrected chi connectivity index (χ1v) is 8.40. The number of piperidine rings is 1. The third-order valence-corrected chi connectivity index (χ3v) is 4.52. The number of anilines is 1. The summed E-state index contributed by atoms with van der Waals surface area (Å²) in [5.74, 6) is 0.0613. The molecule has 2 atom stereocenters. The number of aromatic nitrogens is 1. The lowest BCUT2D eigenvalue weighted by atomic mass is 9.89. The molecule has 1 fully saturated rings. The number of likely N-dealkylation sites (N-methyl/N-ethyl adjacent to an activating group) is 1. The number of alkyl halides is 3. The second kappa shape index (κ2) is 8.82. The summed E-state index contributed by atoms with van der Waals surface area (Å²) >= 11 is 0. The minimum Gasteiger partial charge on any atom is -0.396 e. The van der Waals surface area contributed by atoms with Gasteiger partial charge in [0.2, 0.25) is 0 Å². The Morgan fingerprint density at radius 1 is 1.36 bits per heavy atom. The molecule has 5 nitrogen and oxygen atoms in total. The molecule has 1 saturated heterocycles. The van der Waals surface area contributed by atoms with Crippen LogP contribution in [0.1, 0.15) is 12.0 Å². The maximum atomic E-state index is 13.3. The average Bonchev–Trinajstić information content (AvgIpc) is 2.58. The predicted molar refractivity (Wildman–Crippen MR) is 89.5 cm³/mol. The number of methoxy groups -OCH3 is 1. The Morgan fingerprint density at radius 2 is 2.08 bits per heavy atom. The van der Waals surface area contributed by atoms with E-state index < -0.39 is 11.7 Å². The summed E-state index contributed by atoms with van der Waals surface area (Å²) in [7, 11) is 3.60. The van der Waals surface area contributed by atoms with E-state index in [-0.39, 0.29) is 24.3 Å². The first kappa shape index (κ1) is 19.9. The zero-order valence-electron chi connectivity index (χ0n) is 14.7. The summed E-state index contributed by atoms with van der Waals surface area (Å²) in [6, 6.07) is 2.36. The molecule has 0 bridgehead atoms. The number of nitrogens with zero attached hydrogens (tertiary/aromatic N) is 3. The van der Waals surface area contributed by atoms with Gasteiger partial charge in [-0.3, -0.25) is 0 Å². The normalized spacial score (nSPS) is 21.8. The van der Waals surface area contributed by atoms with Gasteiger partial charge in [-0.25, -0.2) is 4.98 Å². The van der Waals surface area contributed by atoms with Gasteiger partial charge in [-0.1, -0.05) is 0 Å². The van der Waals surface area contributed by atoms with Crippen LogP contribution in [0.4, 0.5) is 19.0 Å². The highest BCUT2D eigenvalue weighted by Crippen LogP contribution is 2.37. The monoisotopic (exact) mass is 361 g/mol. The Hall–Kier alpha value is -1.38. The van der Waals surface area contributed by atoms with E-state index in [1.165, 1.54) is 12.3 Å². The van der Waals surface area contributed by atoms with E-state index >= 15 is 0 Å². The number of aliphatic hydroxyl groups is 1. The van der Waals surface area contributed by atoms with Crippen molar-refractivity contribution in [1.29, 1.82) is 0 Å². The van der Waals surface area contributed by atoms with Crippen molar-refractivity contribution in [2.75, 3.05) is 58.5 Å². The minimum absolute atomic E-state index is 0.0387. The van der Waals surface area contributed by atoms with Gasteiger partial charge in [-0.15, -0.1) is 0 Å². The van der Waals surface area contributed by atoms with Gasteiger partial charge in [0.25, 0.3) is 0 Å². The van der Waals surface area contributed by atoms with Gasteiger partial charge in [0.1, 0.15) is 5.82 Å². The Balaban J connectivity index is 2.15. The third kappa shape index (κ3) is 5.55. The summed E-state index contributed by atoms with van der Waals surface area (Å²) in [6.07, 6.45) is -2.27. The molecule has 25 heavy (non-hydrogen) atoms. The molecule has 1 aromatic rings. The van der Waals surface area contributed by atoms with Gasteiger partial charge in [-0.05, 0) is 37.4 Å². The number of rotatable bonds is 7. The topological polar surface area (TPSA) is 48.8 Å².